The molecule has 3 saturated carbocycles. The van der Waals surface area contributed by atoms with Gasteiger partial charge in [0.15, 0.2) is 11.4 Å². The molecule has 6 N–H and O–H groups in total. The molecule has 4 aliphatic rings. The van der Waals surface area contributed by atoms with Gasteiger partial charge in [0.05, 0.1) is 17.8 Å². The minimum absolute atomic E-state index is 0.00721. The maximum Gasteiger partial charge on any atom is 0.233 e. The number of aliphatic hydroxyl groups is 4. The molecule has 0 bridgehead atoms. The number of nitrogens with one attached hydrogen (secondary N) is 1. The summed E-state index contributed by atoms with van der Waals surface area (Å²) in [6.07, 6.45) is 1.77. The van der Waals surface area contributed by atoms with E-state index in [4.69, 9.17) is 0 Å². The molecule has 218 valence electrons. The van der Waals surface area contributed by atoms with E-state index in [-0.39, 0.29) is 16.9 Å². The number of carbonyl (C=O) groups excluding carboxylic acids is 3. The summed E-state index contributed by atoms with van der Waals surface area (Å²) in [4.78, 5) is 43.5. The molecule has 4 aliphatic carbocycles. The number of hydrogen-bond acceptors (Lipinski definition) is 9. The molecule has 0 radical (unpaired) electrons. The Kier molecular flexibility index (Phi) is 7.14. The zero-order chi connectivity index (χ0) is 29.3. The van der Waals surface area contributed by atoms with Crippen molar-refractivity contribution in [3.8, 4) is 5.75 Å². The van der Waals surface area contributed by atoms with Crippen LogP contribution < -0.4 is 5.32 Å². The first-order chi connectivity index (χ1) is 18.8. The summed E-state index contributed by atoms with van der Waals surface area (Å²) < 4.78 is 0. The molecule has 2 unspecified atom stereocenters. The molecular formula is C30H40N2O8. The fourth-order valence-corrected chi connectivity index (χ4v) is 8.05. The lowest BCUT2D eigenvalue weighted by molar-refractivity contribution is -0.199. The number of benzene rings is 1. The summed E-state index contributed by atoms with van der Waals surface area (Å²) in [7, 11) is 3.18. The number of hydrogen-bond donors (Lipinski definition) is 6. The van der Waals surface area contributed by atoms with Crippen LogP contribution in [0.1, 0.15) is 69.4 Å². The molecule has 0 aliphatic heterocycles. The van der Waals surface area contributed by atoms with Gasteiger partial charge in [-0.2, -0.15) is 0 Å². The number of amides is 1. The van der Waals surface area contributed by atoms with Crippen molar-refractivity contribution in [3.63, 3.8) is 0 Å². The third-order valence-electron chi connectivity index (χ3n) is 10.2. The lowest BCUT2D eigenvalue weighted by Crippen LogP contribution is -2.77. The number of carbonyl (C=O) groups is 3. The molecule has 10 heteroatoms. The number of likely N-dealkylation sites (N-methyl/N-ethyl adjacent to an activating group) is 1. The van der Waals surface area contributed by atoms with Crippen LogP contribution in [0.15, 0.2) is 23.8 Å². The van der Waals surface area contributed by atoms with E-state index in [1.54, 1.807) is 33.2 Å². The number of phenolic OH excluding ortho intramolecular Hbond substituents is 1. The second-order valence-electron chi connectivity index (χ2n) is 12.4. The Bertz CT molecular complexity index is 1270. The molecule has 1 aromatic rings. The monoisotopic (exact) mass is 556 g/mol. The lowest BCUT2D eigenvalue weighted by Gasteiger charge is -2.56. The zero-order valence-corrected chi connectivity index (χ0v) is 23.4. The number of phenols is 1. The highest BCUT2D eigenvalue weighted by Gasteiger charge is 2.71. The van der Waals surface area contributed by atoms with Crippen LogP contribution in [0.5, 0.6) is 5.75 Å². The normalized spacial score (nSPS) is 37.0. The lowest BCUT2D eigenvalue weighted by atomic mass is 9.51. The predicted molar refractivity (Wildman–Crippen MR) is 145 cm³/mol. The van der Waals surface area contributed by atoms with Gasteiger partial charge in [0.2, 0.25) is 11.7 Å². The van der Waals surface area contributed by atoms with Crippen LogP contribution in [0.3, 0.4) is 0 Å². The van der Waals surface area contributed by atoms with Crippen molar-refractivity contribution in [2.24, 2.45) is 17.8 Å². The van der Waals surface area contributed by atoms with Gasteiger partial charge >= 0.3 is 0 Å². The van der Waals surface area contributed by atoms with Crippen molar-refractivity contribution in [2.75, 3.05) is 14.1 Å². The summed E-state index contributed by atoms with van der Waals surface area (Å²) in [5, 5.41) is 60.1. The molecule has 3 fully saturated rings. The standard InChI is InChI=1S/C30H40N2O8/c1-5-29(12-7-6-8-13-29)31-28(39)20-25(36)22(32(3)4)21-24(35)17-14(2)15-10-9-11-16(33)18(15)23(34)19(17)26(37)30(21,40)27(20)38/h9-11,14,17,20-22,24-25,33-36,40H,5-8,12-13H2,1-4H3,(H,31,39)/t14-,17+,20?,21+,22-,24-,25?,30-/m1/s1. The fraction of sp³-hybridized carbons (Fsp3) is 0.633. The molecule has 0 saturated heterocycles. The number of fused-ring (bicyclic) bond motifs is 3. The third-order valence-corrected chi connectivity index (χ3v) is 10.2. The summed E-state index contributed by atoms with van der Waals surface area (Å²) >= 11 is 0. The topological polar surface area (TPSA) is 168 Å². The van der Waals surface area contributed by atoms with Gasteiger partial charge in [0.1, 0.15) is 17.4 Å². The quantitative estimate of drug-likeness (QED) is 0.300. The molecule has 0 spiro atoms. The molecule has 40 heavy (non-hydrogen) atoms. The fourth-order valence-electron chi connectivity index (χ4n) is 8.05. The van der Waals surface area contributed by atoms with E-state index >= 15 is 0 Å². The van der Waals surface area contributed by atoms with E-state index in [1.807, 2.05) is 6.92 Å². The largest absolute Gasteiger partial charge is 0.507 e. The van der Waals surface area contributed by atoms with Crippen LogP contribution in [0.25, 0.3) is 5.76 Å². The molecule has 10 nitrogen and oxygen atoms in total. The van der Waals surface area contributed by atoms with E-state index < -0.39 is 76.3 Å². The van der Waals surface area contributed by atoms with Crippen LogP contribution >= 0.6 is 0 Å². The van der Waals surface area contributed by atoms with Crippen molar-refractivity contribution < 1.29 is 39.9 Å². The maximum absolute atomic E-state index is 14.2. The highest BCUT2D eigenvalue weighted by molar-refractivity contribution is 6.25. The maximum atomic E-state index is 14.2. The number of nitrogens with zero attached hydrogens (tertiary/aromatic N) is 1. The molecule has 8 atom stereocenters. The number of rotatable bonds is 4. The first kappa shape index (κ1) is 28.7. The Labute approximate surface area is 233 Å². The number of ketones is 2. The van der Waals surface area contributed by atoms with Crippen molar-refractivity contribution in [1.82, 2.24) is 10.2 Å². The second-order valence-corrected chi connectivity index (χ2v) is 12.4. The van der Waals surface area contributed by atoms with E-state index in [0.29, 0.717) is 12.0 Å². The average molecular weight is 557 g/mol. The first-order valence-electron chi connectivity index (χ1n) is 14.2. The van der Waals surface area contributed by atoms with Gasteiger partial charge in [-0.1, -0.05) is 45.2 Å². The summed E-state index contributed by atoms with van der Waals surface area (Å²) in [6.45, 7) is 3.68. The van der Waals surface area contributed by atoms with Crippen molar-refractivity contribution in [1.29, 1.82) is 0 Å². The van der Waals surface area contributed by atoms with Crippen molar-refractivity contribution in [2.45, 2.75) is 87.7 Å². The van der Waals surface area contributed by atoms with Crippen molar-refractivity contribution >= 4 is 23.2 Å². The molecule has 5 rings (SSSR count). The second kappa shape index (κ2) is 9.94. The molecule has 1 amide bonds. The van der Waals surface area contributed by atoms with E-state index in [9.17, 15) is 39.9 Å². The summed E-state index contributed by atoms with van der Waals surface area (Å²) in [5.74, 6) is -8.81. The van der Waals surface area contributed by atoms with Gasteiger partial charge < -0.3 is 35.7 Å². The van der Waals surface area contributed by atoms with Gasteiger partial charge in [-0.15, -0.1) is 0 Å². The van der Waals surface area contributed by atoms with E-state index in [1.165, 1.54) is 11.0 Å². The first-order valence-corrected chi connectivity index (χ1v) is 14.2. The van der Waals surface area contributed by atoms with Crippen LogP contribution in [-0.4, -0.2) is 91.4 Å². The van der Waals surface area contributed by atoms with Crippen LogP contribution in [0.2, 0.25) is 0 Å². The van der Waals surface area contributed by atoms with E-state index in [2.05, 4.69) is 5.32 Å². The Morgan fingerprint density at radius 2 is 1.73 bits per heavy atom. The Morgan fingerprint density at radius 3 is 2.33 bits per heavy atom. The Balaban J connectivity index is 1.63. The number of Topliss-reactive ketones (excluding diaryl/α,β-unsaturated/α-hetero) is 2. The summed E-state index contributed by atoms with van der Waals surface area (Å²) in [6, 6.07) is 3.47. The Hall–Kier alpha value is -2.79. The molecule has 0 aromatic heterocycles. The highest BCUT2D eigenvalue weighted by atomic mass is 16.3. The SMILES string of the molecule is CCC1(NC(=O)C2C(=O)[C@]3(O)C(=O)C4=C(O)c5c(O)cccc5[C@@H](C)[C@@H]4[C@@H](O)[C@@H]3[C@@H](N(C)C)C2O)CCCCC1. The average Bonchev–Trinajstić information content (AvgIpc) is 2.91. The van der Waals surface area contributed by atoms with E-state index in [0.717, 1.165) is 32.1 Å². The Morgan fingerprint density at radius 1 is 1.07 bits per heavy atom. The smallest absolute Gasteiger partial charge is 0.233 e. The number of aliphatic hydroxyl groups excluding tert-OH is 3. The van der Waals surface area contributed by atoms with Gasteiger partial charge in [-0.25, -0.2) is 0 Å². The minimum Gasteiger partial charge on any atom is -0.507 e. The van der Waals surface area contributed by atoms with Crippen LogP contribution in [-0.2, 0) is 14.4 Å². The van der Waals surface area contributed by atoms with Crippen LogP contribution in [0.4, 0.5) is 0 Å². The number of aromatic hydroxyl groups is 1. The van der Waals surface area contributed by atoms with Crippen LogP contribution in [0, 0.1) is 17.8 Å². The minimum atomic E-state index is -2.89. The predicted octanol–water partition coefficient (Wildman–Crippen LogP) is 1.40. The van der Waals surface area contributed by atoms with Gasteiger partial charge in [-0.05, 0) is 50.9 Å². The zero-order valence-electron chi connectivity index (χ0n) is 23.4. The van der Waals surface area contributed by atoms with Gasteiger partial charge in [-0.3, -0.25) is 14.4 Å². The van der Waals surface area contributed by atoms with Gasteiger partial charge in [0.25, 0.3) is 0 Å². The van der Waals surface area contributed by atoms with Gasteiger partial charge in [0, 0.05) is 29.0 Å². The molecule has 1 aromatic carbocycles. The summed E-state index contributed by atoms with van der Waals surface area (Å²) in [5.41, 5.74) is -3.28. The molecule has 0 heterocycles. The molecular weight excluding hydrogens is 516 g/mol. The highest BCUT2D eigenvalue weighted by Crippen LogP contribution is 2.55. The van der Waals surface area contributed by atoms with Crippen molar-refractivity contribution in [3.05, 3.63) is 34.9 Å². The third kappa shape index (κ3) is 3.87.